The maximum atomic E-state index is 13.4. The van der Waals surface area contributed by atoms with E-state index in [9.17, 15) is 8.42 Å². The third-order valence-corrected chi connectivity index (χ3v) is 7.56. The van der Waals surface area contributed by atoms with Gasteiger partial charge in [-0.25, -0.2) is 8.42 Å². The molecule has 39 heavy (non-hydrogen) atoms. The first-order chi connectivity index (χ1) is 18.9. The Kier molecular flexibility index (Phi) is 12.8. The fraction of sp³-hybridized carbons (Fsp3) is 0.226. The SMILES string of the molecule is Cc1ccc(COCCN[C@@H](c2ccccc2)[C@@H]([N-]S(=O)(=O)c2ccc(C)cc2)c2ccccc2)cc1.[Cl][Ru+2]. The van der Waals surface area contributed by atoms with E-state index in [4.69, 9.17) is 4.74 Å². The van der Waals surface area contributed by atoms with E-state index in [0.29, 0.717) is 19.8 Å². The Morgan fingerprint density at radius 3 is 1.85 bits per heavy atom. The number of ether oxygens (including phenoxy) is 1. The zero-order chi connectivity index (χ0) is 28.1. The minimum atomic E-state index is -3.90. The van der Waals surface area contributed by atoms with Crippen molar-refractivity contribution < 1.29 is 30.5 Å². The molecule has 0 fully saturated rings. The normalized spacial score (nSPS) is 12.7. The van der Waals surface area contributed by atoms with E-state index in [-0.39, 0.29) is 10.9 Å². The molecule has 0 spiro atoms. The molecule has 0 saturated heterocycles. The minimum absolute atomic E-state index is 0.187. The molecule has 0 aromatic heterocycles. The molecular formula is C31H33ClN2O3RuS+. The van der Waals surface area contributed by atoms with Gasteiger partial charge in [0.1, 0.15) is 10.0 Å². The van der Waals surface area contributed by atoms with Gasteiger partial charge < -0.3 is 14.8 Å². The number of rotatable bonds is 12. The van der Waals surface area contributed by atoms with Crippen molar-refractivity contribution in [2.75, 3.05) is 13.2 Å². The molecule has 4 aromatic rings. The fourth-order valence-corrected chi connectivity index (χ4v) is 5.26. The second-order valence-electron chi connectivity index (χ2n) is 9.13. The quantitative estimate of drug-likeness (QED) is 0.129. The van der Waals surface area contributed by atoms with E-state index in [0.717, 1.165) is 22.3 Å². The summed E-state index contributed by atoms with van der Waals surface area (Å²) in [4.78, 5) is 0.187. The van der Waals surface area contributed by atoms with E-state index < -0.39 is 16.1 Å². The van der Waals surface area contributed by atoms with Crippen LogP contribution in [0.4, 0.5) is 0 Å². The van der Waals surface area contributed by atoms with Crippen LogP contribution in [0, 0.1) is 13.8 Å². The molecule has 1 N–H and O–H groups in total. The second-order valence-corrected chi connectivity index (χ2v) is 10.8. The number of aryl methyl sites for hydroxylation is 2. The molecule has 4 rings (SSSR count). The van der Waals surface area contributed by atoms with E-state index in [1.807, 2.05) is 84.9 Å². The van der Waals surface area contributed by atoms with Crippen molar-refractivity contribution in [1.82, 2.24) is 5.32 Å². The molecule has 0 aliphatic rings. The van der Waals surface area contributed by atoms with Gasteiger partial charge in [-0.2, -0.15) is 0 Å². The number of sulfonamides is 1. The molecule has 0 aliphatic heterocycles. The number of nitrogens with one attached hydrogen (secondary N) is 1. The molecule has 0 aliphatic carbocycles. The molecule has 8 heteroatoms. The Hall–Kier alpha value is -2.38. The van der Waals surface area contributed by atoms with Crippen LogP contribution >= 0.6 is 9.69 Å². The Morgan fingerprint density at radius 1 is 0.769 bits per heavy atom. The average molecular weight is 650 g/mol. The summed E-state index contributed by atoms with van der Waals surface area (Å²) >= 11 is 1.82. The summed E-state index contributed by atoms with van der Waals surface area (Å²) in [5, 5.41) is 3.53. The summed E-state index contributed by atoms with van der Waals surface area (Å²) in [5.41, 5.74) is 5.10. The van der Waals surface area contributed by atoms with Crippen molar-refractivity contribution in [1.29, 1.82) is 0 Å². The van der Waals surface area contributed by atoms with Crippen LogP contribution in [0.5, 0.6) is 0 Å². The van der Waals surface area contributed by atoms with Gasteiger partial charge in [0.2, 0.25) is 0 Å². The van der Waals surface area contributed by atoms with Crippen LogP contribution in [-0.2, 0) is 38.7 Å². The monoisotopic (exact) mass is 650 g/mol. The predicted molar refractivity (Wildman–Crippen MR) is 155 cm³/mol. The van der Waals surface area contributed by atoms with Crippen molar-refractivity contribution in [3.05, 3.63) is 142 Å². The van der Waals surface area contributed by atoms with Crippen LogP contribution in [0.2, 0.25) is 0 Å². The van der Waals surface area contributed by atoms with E-state index in [2.05, 4.69) is 50.9 Å². The van der Waals surface area contributed by atoms with Gasteiger partial charge in [0, 0.05) is 17.5 Å². The standard InChI is InChI=1S/C31H33N2O3S.ClH.Ru/c1-24-13-17-26(18-14-24)23-36-22-21-32-30(27-9-5-3-6-10-27)31(28-11-7-4-8-12-28)33-37(34,35)29-19-15-25(2)16-20-29;;/h3-20,30-32H,21-23H2,1-2H3;1H;/q-1;;+3/p-1/t30-,31-;;/m0../s1. The van der Waals surface area contributed by atoms with E-state index in [1.165, 1.54) is 5.56 Å². The van der Waals surface area contributed by atoms with Gasteiger partial charge in [-0.15, -0.1) is 0 Å². The van der Waals surface area contributed by atoms with Gasteiger partial charge >= 0.3 is 27.0 Å². The molecule has 0 bridgehead atoms. The molecule has 0 heterocycles. The van der Waals surface area contributed by atoms with Crippen molar-refractivity contribution in [2.45, 2.75) is 37.4 Å². The van der Waals surface area contributed by atoms with Crippen molar-refractivity contribution >= 4 is 19.7 Å². The Bertz CT molecular complexity index is 1350. The van der Waals surface area contributed by atoms with Gasteiger partial charge in [0.05, 0.1) is 13.2 Å². The van der Waals surface area contributed by atoms with Crippen LogP contribution in [-0.4, -0.2) is 21.6 Å². The van der Waals surface area contributed by atoms with Gasteiger partial charge in [0.15, 0.2) is 0 Å². The average Bonchev–Trinajstić information content (AvgIpc) is 2.97. The van der Waals surface area contributed by atoms with Crippen LogP contribution < -0.4 is 5.32 Å². The van der Waals surface area contributed by atoms with Gasteiger partial charge in [-0.05, 0) is 37.1 Å². The predicted octanol–water partition coefficient (Wildman–Crippen LogP) is 7.34. The number of benzene rings is 4. The van der Waals surface area contributed by atoms with Gasteiger partial charge in [-0.3, -0.25) is 0 Å². The summed E-state index contributed by atoms with van der Waals surface area (Å²) in [6, 6.07) is 33.5. The van der Waals surface area contributed by atoms with Crippen molar-refractivity contribution in [3.8, 4) is 0 Å². The van der Waals surface area contributed by atoms with E-state index in [1.54, 1.807) is 24.3 Å². The molecule has 0 amide bonds. The number of hydrogen-bond acceptors (Lipinski definition) is 4. The summed E-state index contributed by atoms with van der Waals surface area (Å²) in [6.07, 6.45) is 0. The zero-order valence-corrected chi connectivity index (χ0v) is 25.3. The number of hydrogen-bond donors (Lipinski definition) is 1. The summed E-state index contributed by atoms with van der Waals surface area (Å²) in [6.45, 7) is 5.52. The first-order valence-electron chi connectivity index (χ1n) is 12.6. The molecule has 2 atom stereocenters. The van der Waals surface area contributed by atoms with Crippen LogP contribution in [0.25, 0.3) is 4.72 Å². The molecular weight excluding hydrogens is 617 g/mol. The molecule has 205 valence electrons. The van der Waals surface area contributed by atoms with E-state index >= 15 is 0 Å². The van der Waals surface area contributed by atoms with Gasteiger partial charge in [-0.1, -0.05) is 120 Å². The van der Waals surface area contributed by atoms with Gasteiger partial charge in [0.25, 0.3) is 0 Å². The Labute approximate surface area is 246 Å². The Balaban J connectivity index is 0.00000205. The molecule has 0 saturated carbocycles. The maximum absolute atomic E-state index is 13.4. The first-order valence-corrected chi connectivity index (χ1v) is 16.2. The zero-order valence-electron chi connectivity index (χ0n) is 22.0. The Morgan fingerprint density at radius 2 is 1.28 bits per heavy atom. The van der Waals surface area contributed by atoms with Crippen molar-refractivity contribution in [3.63, 3.8) is 0 Å². The number of nitrogens with zero attached hydrogens (tertiary/aromatic N) is 1. The molecule has 0 radical (unpaired) electrons. The van der Waals surface area contributed by atoms with Crippen LogP contribution in [0.3, 0.4) is 0 Å². The summed E-state index contributed by atoms with van der Waals surface area (Å²) < 4.78 is 37.2. The third-order valence-electron chi connectivity index (χ3n) is 6.19. The fourth-order valence-electron chi connectivity index (χ4n) is 4.12. The van der Waals surface area contributed by atoms with Crippen LogP contribution in [0.1, 0.15) is 39.9 Å². The van der Waals surface area contributed by atoms with Crippen LogP contribution in [0.15, 0.2) is 114 Å². The topological polar surface area (TPSA) is 69.5 Å². The third kappa shape index (κ3) is 9.64. The summed E-state index contributed by atoms with van der Waals surface area (Å²) in [5.74, 6) is 0. The first kappa shape index (κ1) is 31.2. The number of halogens is 1. The second kappa shape index (κ2) is 16.0. The molecule has 0 unspecified atom stereocenters. The molecule has 5 nitrogen and oxygen atoms in total. The molecule has 4 aromatic carbocycles. The van der Waals surface area contributed by atoms with Crippen molar-refractivity contribution in [2.24, 2.45) is 0 Å². The summed E-state index contributed by atoms with van der Waals surface area (Å²) in [7, 11) is 0.670.